The van der Waals surface area contributed by atoms with E-state index in [2.05, 4.69) is 29.4 Å². The molecule has 20 heavy (non-hydrogen) atoms. The largest absolute Gasteiger partial charge is 0.271 e. The van der Waals surface area contributed by atoms with Crippen LogP contribution in [-0.2, 0) is 0 Å². The zero-order valence-electron chi connectivity index (χ0n) is 11.6. The highest BCUT2D eigenvalue weighted by Crippen LogP contribution is 2.14. The second kappa shape index (κ2) is 6.61. The van der Waals surface area contributed by atoms with Crippen LogP contribution >= 0.6 is 0 Å². The van der Waals surface area contributed by atoms with Crippen LogP contribution in [-0.4, -0.2) is 17.1 Å². The second-order valence-electron chi connectivity index (χ2n) is 4.73. The predicted octanol–water partition coefficient (Wildman–Crippen LogP) is 2.97. The number of hydrogen-bond acceptors (Lipinski definition) is 3. The zero-order chi connectivity index (χ0) is 14.4. The summed E-state index contributed by atoms with van der Waals surface area (Å²) in [4.78, 5) is 15.9. The summed E-state index contributed by atoms with van der Waals surface area (Å²) in [6, 6.07) is 13.0. The Morgan fingerprint density at radius 2 is 1.95 bits per heavy atom. The van der Waals surface area contributed by atoms with Crippen molar-refractivity contribution >= 4 is 12.1 Å². The Kier molecular flexibility index (Phi) is 4.60. The summed E-state index contributed by atoms with van der Waals surface area (Å²) in [7, 11) is 0. The molecule has 0 atom stereocenters. The van der Waals surface area contributed by atoms with E-state index < -0.39 is 0 Å². The number of pyridine rings is 1. The zero-order valence-corrected chi connectivity index (χ0v) is 11.6. The highest BCUT2D eigenvalue weighted by Gasteiger charge is 2.05. The molecule has 2 aromatic rings. The molecule has 0 spiro atoms. The molecule has 4 heteroatoms. The van der Waals surface area contributed by atoms with Gasteiger partial charge < -0.3 is 0 Å². The van der Waals surface area contributed by atoms with Gasteiger partial charge in [-0.2, -0.15) is 5.10 Å². The van der Waals surface area contributed by atoms with Crippen molar-refractivity contribution in [2.45, 2.75) is 19.8 Å². The number of hydrazone groups is 1. The molecular formula is C16H17N3O. The van der Waals surface area contributed by atoms with Crippen LogP contribution in [0.5, 0.6) is 0 Å². The molecule has 1 amide bonds. The molecule has 4 nitrogen and oxygen atoms in total. The number of nitrogens with zero attached hydrogens (tertiary/aromatic N) is 2. The third-order valence-electron chi connectivity index (χ3n) is 2.89. The second-order valence-corrected chi connectivity index (χ2v) is 4.73. The molecule has 0 saturated carbocycles. The van der Waals surface area contributed by atoms with Crippen LogP contribution in [0.25, 0.3) is 0 Å². The van der Waals surface area contributed by atoms with E-state index >= 15 is 0 Å². The maximum Gasteiger partial charge on any atom is 0.271 e. The molecule has 1 heterocycles. The van der Waals surface area contributed by atoms with Crippen LogP contribution in [0.3, 0.4) is 0 Å². The van der Waals surface area contributed by atoms with Crippen molar-refractivity contribution in [2.24, 2.45) is 5.10 Å². The number of nitrogens with one attached hydrogen (secondary N) is 1. The van der Waals surface area contributed by atoms with Gasteiger partial charge in [0, 0.05) is 11.8 Å². The summed E-state index contributed by atoms with van der Waals surface area (Å²) in [5, 5.41) is 3.89. The Labute approximate surface area is 118 Å². The molecule has 102 valence electrons. The molecule has 1 N–H and O–H groups in total. The van der Waals surface area contributed by atoms with Crippen LogP contribution in [0.4, 0.5) is 0 Å². The third kappa shape index (κ3) is 3.75. The normalized spacial score (nSPS) is 10.9. The van der Waals surface area contributed by atoms with Crippen molar-refractivity contribution in [3.05, 3.63) is 65.5 Å². The van der Waals surface area contributed by atoms with Gasteiger partial charge in [-0.3, -0.25) is 9.78 Å². The Hall–Kier alpha value is -2.49. The van der Waals surface area contributed by atoms with Gasteiger partial charge >= 0.3 is 0 Å². The Balaban J connectivity index is 1.96. The highest BCUT2D eigenvalue weighted by molar-refractivity contribution is 5.94. The summed E-state index contributed by atoms with van der Waals surface area (Å²) >= 11 is 0. The van der Waals surface area contributed by atoms with Crippen LogP contribution in [0, 0.1) is 0 Å². The minimum atomic E-state index is -0.229. The SMILES string of the molecule is CC(C)c1ccc(C(=O)N/N=C/c2ccccn2)cc1. The van der Waals surface area contributed by atoms with Crippen LogP contribution in [0.2, 0.25) is 0 Å². The number of hydrogen-bond donors (Lipinski definition) is 1. The predicted molar refractivity (Wildman–Crippen MR) is 79.8 cm³/mol. The third-order valence-corrected chi connectivity index (χ3v) is 2.89. The first kappa shape index (κ1) is 13.9. The number of carbonyl (C=O) groups is 1. The first-order valence-electron chi connectivity index (χ1n) is 6.51. The van der Waals surface area contributed by atoms with Gasteiger partial charge in [-0.05, 0) is 35.7 Å². The van der Waals surface area contributed by atoms with Gasteiger partial charge in [0.2, 0.25) is 0 Å². The number of amides is 1. The molecular weight excluding hydrogens is 250 g/mol. The fourth-order valence-corrected chi connectivity index (χ4v) is 1.69. The van der Waals surface area contributed by atoms with Crippen molar-refractivity contribution in [1.29, 1.82) is 0 Å². The van der Waals surface area contributed by atoms with Gasteiger partial charge in [0.05, 0.1) is 11.9 Å². The van der Waals surface area contributed by atoms with Crippen molar-refractivity contribution in [1.82, 2.24) is 10.4 Å². The van der Waals surface area contributed by atoms with Gasteiger partial charge in [0.25, 0.3) is 5.91 Å². The monoisotopic (exact) mass is 267 g/mol. The lowest BCUT2D eigenvalue weighted by atomic mass is 10.0. The maximum absolute atomic E-state index is 11.9. The van der Waals surface area contributed by atoms with E-state index in [1.807, 2.05) is 30.3 Å². The Bertz CT molecular complexity index is 589. The van der Waals surface area contributed by atoms with Crippen molar-refractivity contribution < 1.29 is 4.79 Å². The van der Waals surface area contributed by atoms with Crippen molar-refractivity contribution in [3.8, 4) is 0 Å². The van der Waals surface area contributed by atoms with E-state index in [9.17, 15) is 4.79 Å². The van der Waals surface area contributed by atoms with Gasteiger partial charge in [-0.25, -0.2) is 5.43 Å². The molecule has 2 rings (SSSR count). The first-order valence-corrected chi connectivity index (χ1v) is 6.51. The fourth-order valence-electron chi connectivity index (χ4n) is 1.69. The Morgan fingerprint density at radius 3 is 2.55 bits per heavy atom. The average Bonchev–Trinajstić information content (AvgIpc) is 2.48. The van der Waals surface area contributed by atoms with Gasteiger partial charge in [0.15, 0.2) is 0 Å². The van der Waals surface area contributed by atoms with Gasteiger partial charge in [0.1, 0.15) is 0 Å². The minimum absolute atomic E-state index is 0.229. The molecule has 0 aliphatic carbocycles. The highest BCUT2D eigenvalue weighted by atomic mass is 16.2. The standard InChI is InChI=1S/C16H17N3O/c1-12(2)13-6-8-14(9-7-13)16(20)19-18-11-15-5-3-4-10-17-15/h3-12H,1-2H3,(H,19,20)/b18-11+. The molecule has 0 aliphatic heterocycles. The lowest BCUT2D eigenvalue weighted by molar-refractivity contribution is 0.0955. The number of aromatic nitrogens is 1. The van der Waals surface area contributed by atoms with E-state index in [-0.39, 0.29) is 5.91 Å². The summed E-state index contributed by atoms with van der Waals surface area (Å²) in [6.07, 6.45) is 3.19. The molecule has 1 aromatic carbocycles. The minimum Gasteiger partial charge on any atom is -0.267 e. The quantitative estimate of drug-likeness (QED) is 0.684. The van der Waals surface area contributed by atoms with E-state index in [0.717, 1.165) is 0 Å². The smallest absolute Gasteiger partial charge is 0.267 e. The lowest BCUT2D eigenvalue weighted by Gasteiger charge is -2.05. The molecule has 0 aliphatic rings. The summed E-state index contributed by atoms with van der Waals surface area (Å²) in [5.74, 6) is 0.224. The Morgan fingerprint density at radius 1 is 1.20 bits per heavy atom. The van der Waals surface area contributed by atoms with Crippen LogP contribution in [0.1, 0.15) is 41.4 Å². The number of carbonyl (C=O) groups excluding carboxylic acids is 1. The average molecular weight is 267 g/mol. The van der Waals surface area contributed by atoms with Gasteiger partial charge in [-0.1, -0.05) is 32.0 Å². The fraction of sp³-hybridized carbons (Fsp3) is 0.188. The van der Waals surface area contributed by atoms with E-state index in [1.165, 1.54) is 11.8 Å². The molecule has 0 radical (unpaired) electrons. The first-order chi connectivity index (χ1) is 9.66. The van der Waals surface area contributed by atoms with Crippen LogP contribution in [0.15, 0.2) is 53.8 Å². The number of rotatable bonds is 4. The summed E-state index contributed by atoms with van der Waals surface area (Å²) in [5.41, 5.74) is 4.98. The summed E-state index contributed by atoms with van der Waals surface area (Å²) in [6.45, 7) is 4.23. The van der Waals surface area contributed by atoms with Crippen molar-refractivity contribution in [3.63, 3.8) is 0 Å². The van der Waals surface area contributed by atoms with E-state index in [1.54, 1.807) is 18.3 Å². The summed E-state index contributed by atoms with van der Waals surface area (Å²) < 4.78 is 0. The van der Waals surface area contributed by atoms with Gasteiger partial charge in [-0.15, -0.1) is 0 Å². The lowest BCUT2D eigenvalue weighted by Crippen LogP contribution is -2.17. The van der Waals surface area contributed by atoms with E-state index in [4.69, 9.17) is 0 Å². The molecule has 0 fully saturated rings. The molecule has 1 aromatic heterocycles. The maximum atomic E-state index is 11.9. The van der Waals surface area contributed by atoms with Crippen molar-refractivity contribution in [2.75, 3.05) is 0 Å². The molecule has 0 unspecified atom stereocenters. The molecule has 0 saturated heterocycles. The topological polar surface area (TPSA) is 54.4 Å². The van der Waals surface area contributed by atoms with Crippen LogP contribution < -0.4 is 5.43 Å². The van der Waals surface area contributed by atoms with E-state index in [0.29, 0.717) is 17.2 Å². The molecule has 0 bridgehead atoms. The number of benzene rings is 1.